The van der Waals surface area contributed by atoms with E-state index in [1.54, 1.807) is 0 Å². The van der Waals surface area contributed by atoms with Crippen molar-refractivity contribution in [2.75, 3.05) is 0 Å². The first-order chi connectivity index (χ1) is 8.16. The summed E-state index contributed by atoms with van der Waals surface area (Å²) in [4.78, 5) is 11.4. The number of benzene rings is 1. The van der Waals surface area contributed by atoms with E-state index < -0.39 is 17.5 Å². The lowest BCUT2D eigenvalue weighted by Crippen LogP contribution is -2.22. The van der Waals surface area contributed by atoms with E-state index in [0.717, 1.165) is 12.1 Å². The highest BCUT2D eigenvalue weighted by Crippen LogP contribution is 2.09. The first kappa shape index (κ1) is 11.3. The number of aromatic nitrogens is 1. The lowest BCUT2D eigenvalue weighted by molar-refractivity contribution is 0.0913. The van der Waals surface area contributed by atoms with Gasteiger partial charge in [0.05, 0.1) is 6.20 Å². The second-order valence-electron chi connectivity index (χ2n) is 3.30. The Morgan fingerprint density at radius 2 is 2.18 bits per heavy atom. The third-order valence-corrected chi connectivity index (χ3v) is 2.12. The van der Waals surface area contributed by atoms with Gasteiger partial charge < -0.3 is 9.84 Å². The molecule has 0 spiro atoms. The number of rotatable bonds is 3. The predicted molar refractivity (Wildman–Crippen MR) is 54.0 cm³/mol. The minimum absolute atomic E-state index is 0.0347. The van der Waals surface area contributed by atoms with Crippen molar-refractivity contribution in [2.24, 2.45) is 0 Å². The monoisotopic (exact) mass is 238 g/mol. The number of hydrogen-bond acceptors (Lipinski definition) is 3. The van der Waals surface area contributed by atoms with Gasteiger partial charge in [-0.05, 0) is 6.07 Å². The molecule has 0 saturated heterocycles. The number of amides is 1. The summed E-state index contributed by atoms with van der Waals surface area (Å²) in [6, 6.07) is 4.54. The highest BCUT2D eigenvalue weighted by molar-refractivity contribution is 5.91. The van der Waals surface area contributed by atoms with Gasteiger partial charge in [0, 0.05) is 24.2 Å². The van der Waals surface area contributed by atoms with Gasteiger partial charge >= 0.3 is 0 Å². The van der Waals surface area contributed by atoms with Crippen LogP contribution in [0.5, 0.6) is 0 Å². The lowest BCUT2D eigenvalue weighted by atomic mass is 10.2. The summed E-state index contributed by atoms with van der Waals surface area (Å²) in [5, 5.41) is 5.79. The van der Waals surface area contributed by atoms with Gasteiger partial charge in [-0.25, -0.2) is 8.78 Å². The van der Waals surface area contributed by atoms with E-state index in [2.05, 4.69) is 15.0 Å². The van der Waals surface area contributed by atoms with Crippen molar-refractivity contribution in [3.05, 3.63) is 53.4 Å². The van der Waals surface area contributed by atoms with Crippen LogP contribution >= 0.6 is 0 Å². The molecule has 1 amide bonds. The quantitative estimate of drug-likeness (QED) is 0.888. The summed E-state index contributed by atoms with van der Waals surface area (Å²) >= 11 is 0. The number of nitrogens with zero attached hydrogens (tertiary/aromatic N) is 1. The number of halogens is 2. The Labute approximate surface area is 95.2 Å². The number of hydrogen-bond donors (Lipinski definition) is 1. The van der Waals surface area contributed by atoms with E-state index in [1.807, 2.05) is 0 Å². The zero-order chi connectivity index (χ0) is 12.3. The smallest absolute Gasteiger partial charge is 0.290 e. The van der Waals surface area contributed by atoms with Crippen LogP contribution in [-0.2, 0) is 6.54 Å². The Hall–Kier alpha value is -2.24. The summed E-state index contributed by atoms with van der Waals surface area (Å²) < 4.78 is 30.5. The molecule has 1 aromatic heterocycles. The van der Waals surface area contributed by atoms with Crippen molar-refractivity contribution in [3.63, 3.8) is 0 Å². The maximum absolute atomic E-state index is 13.2. The Kier molecular flexibility index (Phi) is 3.13. The van der Waals surface area contributed by atoms with Crippen LogP contribution in [0.25, 0.3) is 0 Å². The first-order valence-electron chi connectivity index (χ1n) is 4.79. The molecule has 0 saturated carbocycles. The van der Waals surface area contributed by atoms with E-state index in [-0.39, 0.29) is 17.9 Å². The molecular weight excluding hydrogens is 230 g/mol. The summed E-state index contributed by atoms with van der Waals surface area (Å²) in [5.74, 6) is -1.84. The molecular formula is C11H8F2N2O2. The van der Waals surface area contributed by atoms with Gasteiger partial charge in [0.25, 0.3) is 5.91 Å². The molecule has 0 atom stereocenters. The fraction of sp³-hybridized carbons (Fsp3) is 0.0909. The standard InChI is InChI=1S/C11H8F2N2O2/c12-8-2-1-7(9(13)5-8)6-14-11(16)10-3-4-15-17-10/h1-5H,6H2,(H,14,16). The molecule has 0 radical (unpaired) electrons. The van der Waals surface area contributed by atoms with E-state index in [4.69, 9.17) is 0 Å². The molecule has 0 aliphatic carbocycles. The van der Waals surface area contributed by atoms with Crippen molar-refractivity contribution in [3.8, 4) is 0 Å². The van der Waals surface area contributed by atoms with E-state index in [9.17, 15) is 13.6 Å². The van der Waals surface area contributed by atoms with Crippen LogP contribution in [-0.4, -0.2) is 11.1 Å². The maximum Gasteiger partial charge on any atom is 0.290 e. The molecule has 0 aliphatic rings. The van der Waals surface area contributed by atoms with E-state index in [0.29, 0.717) is 0 Å². The highest BCUT2D eigenvalue weighted by atomic mass is 19.1. The third kappa shape index (κ3) is 2.66. The van der Waals surface area contributed by atoms with E-state index >= 15 is 0 Å². The van der Waals surface area contributed by atoms with Crippen LogP contribution in [0, 0.1) is 11.6 Å². The minimum atomic E-state index is -0.706. The highest BCUT2D eigenvalue weighted by Gasteiger charge is 2.10. The summed E-state index contributed by atoms with van der Waals surface area (Å²) in [6.07, 6.45) is 1.33. The van der Waals surface area contributed by atoms with Gasteiger partial charge in [0.15, 0.2) is 0 Å². The molecule has 2 aromatic rings. The van der Waals surface area contributed by atoms with Crippen molar-refractivity contribution in [1.29, 1.82) is 0 Å². The summed E-state index contributed by atoms with van der Waals surface area (Å²) in [7, 11) is 0. The van der Waals surface area contributed by atoms with Crippen LogP contribution in [0.3, 0.4) is 0 Å². The normalized spacial score (nSPS) is 10.2. The Bertz CT molecular complexity index is 526. The molecule has 0 unspecified atom stereocenters. The Morgan fingerprint density at radius 1 is 1.35 bits per heavy atom. The predicted octanol–water partition coefficient (Wildman–Crippen LogP) is 1.88. The molecule has 88 valence electrons. The number of carbonyl (C=O) groups excluding carboxylic acids is 1. The van der Waals surface area contributed by atoms with Gasteiger partial charge in [0.2, 0.25) is 5.76 Å². The molecule has 17 heavy (non-hydrogen) atoms. The zero-order valence-corrected chi connectivity index (χ0v) is 8.61. The third-order valence-electron chi connectivity index (χ3n) is 2.12. The van der Waals surface area contributed by atoms with Crippen molar-refractivity contribution in [2.45, 2.75) is 6.54 Å². The fourth-order valence-corrected chi connectivity index (χ4v) is 1.26. The molecule has 4 nitrogen and oxygen atoms in total. The van der Waals surface area contributed by atoms with Gasteiger partial charge in [-0.1, -0.05) is 11.2 Å². The molecule has 1 N–H and O–H groups in total. The van der Waals surface area contributed by atoms with Crippen LogP contribution in [0.1, 0.15) is 16.1 Å². The topological polar surface area (TPSA) is 55.1 Å². The van der Waals surface area contributed by atoms with Crippen LogP contribution < -0.4 is 5.32 Å². The molecule has 0 bridgehead atoms. The van der Waals surface area contributed by atoms with E-state index in [1.165, 1.54) is 18.3 Å². The lowest BCUT2D eigenvalue weighted by Gasteiger charge is -2.04. The first-order valence-corrected chi connectivity index (χ1v) is 4.79. The second kappa shape index (κ2) is 4.73. The van der Waals surface area contributed by atoms with Crippen molar-refractivity contribution < 1.29 is 18.1 Å². The van der Waals surface area contributed by atoms with Gasteiger partial charge in [-0.3, -0.25) is 4.79 Å². The Morgan fingerprint density at radius 3 is 2.82 bits per heavy atom. The average molecular weight is 238 g/mol. The fourth-order valence-electron chi connectivity index (χ4n) is 1.26. The molecule has 6 heteroatoms. The minimum Gasteiger partial charge on any atom is -0.351 e. The SMILES string of the molecule is O=C(NCc1ccc(F)cc1F)c1ccno1. The molecule has 0 fully saturated rings. The summed E-state index contributed by atoms with van der Waals surface area (Å²) in [6.45, 7) is -0.0500. The molecule has 1 aromatic carbocycles. The molecule has 0 aliphatic heterocycles. The van der Waals surface area contributed by atoms with Gasteiger partial charge in [-0.15, -0.1) is 0 Å². The van der Waals surface area contributed by atoms with Crippen LogP contribution in [0.15, 0.2) is 35.0 Å². The molecule has 2 rings (SSSR count). The average Bonchev–Trinajstić information content (AvgIpc) is 2.81. The zero-order valence-electron chi connectivity index (χ0n) is 8.61. The Balaban J connectivity index is 2.01. The van der Waals surface area contributed by atoms with Crippen LogP contribution in [0.2, 0.25) is 0 Å². The van der Waals surface area contributed by atoms with Crippen molar-refractivity contribution >= 4 is 5.91 Å². The van der Waals surface area contributed by atoms with Gasteiger partial charge in [-0.2, -0.15) is 0 Å². The largest absolute Gasteiger partial charge is 0.351 e. The summed E-state index contributed by atoms with van der Waals surface area (Å²) in [5.41, 5.74) is 0.194. The maximum atomic E-state index is 13.2. The van der Waals surface area contributed by atoms with Crippen molar-refractivity contribution in [1.82, 2.24) is 10.5 Å². The second-order valence-corrected chi connectivity index (χ2v) is 3.30. The van der Waals surface area contributed by atoms with Gasteiger partial charge in [0.1, 0.15) is 11.6 Å². The number of carbonyl (C=O) groups is 1. The number of nitrogens with one attached hydrogen (secondary N) is 1. The van der Waals surface area contributed by atoms with Crippen LogP contribution in [0.4, 0.5) is 8.78 Å². The molecule has 1 heterocycles.